The zero-order valence-corrected chi connectivity index (χ0v) is 8.52. The molecule has 0 heterocycles. The minimum Gasteiger partial charge on any atom is -0.330 e. The van der Waals surface area contributed by atoms with Crippen molar-refractivity contribution in [3.8, 4) is 0 Å². The summed E-state index contributed by atoms with van der Waals surface area (Å²) in [6.45, 7) is 2.73. The zero-order chi connectivity index (χ0) is 10.2. The molecular weight excluding hydrogens is 177 g/mol. The Labute approximate surface area is 84.1 Å². The van der Waals surface area contributed by atoms with E-state index < -0.39 is 0 Å². The molecule has 0 saturated heterocycles. The molecule has 76 valence electrons. The van der Waals surface area contributed by atoms with Crippen LogP contribution in [-0.4, -0.2) is 6.54 Å². The molecule has 1 aliphatic carbocycles. The predicted octanol–water partition coefficient (Wildman–Crippen LogP) is 2.38. The van der Waals surface area contributed by atoms with Gasteiger partial charge in [0.1, 0.15) is 5.82 Å². The second kappa shape index (κ2) is 3.35. The molecule has 1 aliphatic rings. The van der Waals surface area contributed by atoms with Crippen LogP contribution in [0, 0.1) is 5.82 Å². The first-order valence-electron chi connectivity index (χ1n) is 5.15. The Bertz CT molecular complexity index is 348. The van der Waals surface area contributed by atoms with Crippen LogP contribution in [0.3, 0.4) is 0 Å². The first kappa shape index (κ1) is 9.66. The van der Waals surface area contributed by atoms with Crippen LogP contribution in [0.4, 0.5) is 4.39 Å². The minimum atomic E-state index is -0.0677. The Hall–Kier alpha value is -0.890. The average Bonchev–Trinajstić information content (AvgIpc) is 2.20. The van der Waals surface area contributed by atoms with Crippen molar-refractivity contribution >= 4 is 0 Å². The molecule has 2 heteroatoms. The molecular formula is C12H16FN. The molecule has 1 aromatic rings. The van der Waals surface area contributed by atoms with E-state index in [1.165, 1.54) is 0 Å². The summed E-state index contributed by atoms with van der Waals surface area (Å²) in [4.78, 5) is 0. The van der Waals surface area contributed by atoms with Crippen molar-refractivity contribution in [3.05, 3.63) is 35.1 Å². The summed E-state index contributed by atoms with van der Waals surface area (Å²) in [6.07, 6.45) is 2.97. The van der Waals surface area contributed by atoms with Gasteiger partial charge in [0, 0.05) is 12.0 Å². The number of nitrogens with two attached hydrogens (primary N) is 1. The predicted molar refractivity (Wildman–Crippen MR) is 55.7 cm³/mol. The van der Waals surface area contributed by atoms with Crippen LogP contribution in [0.2, 0.25) is 0 Å². The lowest BCUT2D eigenvalue weighted by Crippen LogP contribution is -2.35. The van der Waals surface area contributed by atoms with Crippen molar-refractivity contribution < 1.29 is 4.39 Å². The fourth-order valence-electron chi connectivity index (χ4n) is 2.38. The van der Waals surface area contributed by atoms with E-state index in [2.05, 4.69) is 6.92 Å². The third-order valence-corrected chi connectivity index (χ3v) is 3.37. The van der Waals surface area contributed by atoms with E-state index in [1.807, 2.05) is 6.07 Å². The highest BCUT2D eigenvalue weighted by molar-refractivity contribution is 5.37. The second-order valence-corrected chi connectivity index (χ2v) is 4.38. The Kier molecular flexibility index (Phi) is 2.31. The van der Waals surface area contributed by atoms with E-state index in [0.717, 1.165) is 30.4 Å². The molecule has 2 rings (SSSR count). The smallest absolute Gasteiger partial charge is 0.126 e. The fraction of sp³-hybridized carbons (Fsp3) is 0.500. The highest BCUT2D eigenvalue weighted by atomic mass is 19.1. The van der Waals surface area contributed by atoms with E-state index >= 15 is 0 Å². The maximum Gasteiger partial charge on any atom is 0.126 e. The van der Waals surface area contributed by atoms with Crippen LogP contribution < -0.4 is 5.73 Å². The summed E-state index contributed by atoms with van der Waals surface area (Å²) in [6, 6.07) is 5.35. The van der Waals surface area contributed by atoms with Gasteiger partial charge in [0.25, 0.3) is 0 Å². The molecule has 0 fully saturated rings. The monoisotopic (exact) mass is 193 g/mol. The van der Waals surface area contributed by atoms with Gasteiger partial charge in [0.15, 0.2) is 0 Å². The Balaban J connectivity index is 2.55. The summed E-state index contributed by atoms with van der Waals surface area (Å²) in [5.74, 6) is -0.0677. The van der Waals surface area contributed by atoms with Gasteiger partial charge in [-0.05, 0) is 36.5 Å². The first-order valence-corrected chi connectivity index (χ1v) is 5.15. The zero-order valence-electron chi connectivity index (χ0n) is 8.52. The quantitative estimate of drug-likeness (QED) is 0.728. The van der Waals surface area contributed by atoms with Gasteiger partial charge in [0.05, 0.1) is 0 Å². The van der Waals surface area contributed by atoms with E-state index in [9.17, 15) is 4.39 Å². The number of halogens is 1. The van der Waals surface area contributed by atoms with Crippen LogP contribution in [0.25, 0.3) is 0 Å². The standard InChI is InChI=1S/C12H16FN/c1-12(8-14)7-3-4-9-10(12)5-2-6-11(9)13/h2,5-6H,3-4,7-8,14H2,1H3. The fourth-order valence-corrected chi connectivity index (χ4v) is 2.38. The lowest BCUT2D eigenvalue weighted by molar-refractivity contribution is 0.395. The number of benzene rings is 1. The van der Waals surface area contributed by atoms with Gasteiger partial charge >= 0.3 is 0 Å². The Morgan fingerprint density at radius 1 is 1.50 bits per heavy atom. The number of fused-ring (bicyclic) bond motifs is 1. The molecule has 1 aromatic carbocycles. The maximum atomic E-state index is 13.5. The maximum absolute atomic E-state index is 13.5. The average molecular weight is 193 g/mol. The van der Waals surface area contributed by atoms with Crippen molar-refractivity contribution in [1.29, 1.82) is 0 Å². The molecule has 1 atom stereocenters. The van der Waals surface area contributed by atoms with Gasteiger partial charge in [-0.25, -0.2) is 4.39 Å². The van der Waals surface area contributed by atoms with E-state index in [4.69, 9.17) is 5.73 Å². The summed E-state index contributed by atoms with van der Waals surface area (Å²) in [5, 5.41) is 0. The van der Waals surface area contributed by atoms with Crippen molar-refractivity contribution in [2.45, 2.75) is 31.6 Å². The van der Waals surface area contributed by atoms with Gasteiger partial charge in [0.2, 0.25) is 0 Å². The van der Waals surface area contributed by atoms with Crippen LogP contribution in [0.5, 0.6) is 0 Å². The van der Waals surface area contributed by atoms with Gasteiger partial charge in [-0.1, -0.05) is 19.1 Å². The molecule has 0 aliphatic heterocycles. The molecule has 0 bridgehead atoms. The summed E-state index contributed by atoms with van der Waals surface area (Å²) < 4.78 is 13.5. The Morgan fingerprint density at radius 2 is 2.29 bits per heavy atom. The molecule has 1 unspecified atom stereocenters. The van der Waals surface area contributed by atoms with E-state index in [-0.39, 0.29) is 11.2 Å². The molecule has 0 aromatic heterocycles. The van der Waals surface area contributed by atoms with Gasteiger partial charge < -0.3 is 5.73 Å². The van der Waals surface area contributed by atoms with Crippen molar-refractivity contribution in [1.82, 2.24) is 0 Å². The summed E-state index contributed by atoms with van der Waals surface area (Å²) in [7, 11) is 0. The topological polar surface area (TPSA) is 26.0 Å². The third kappa shape index (κ3) is 1.34. The number of rotatable bonds is 1. The summed E-state index contributed by atoms with van der Waals surface area (Å²) >= 11 is 0. The van der Waals surface area contributed by atoms with Crippen molar-refractivity contribution in [2.75, 3.05) is 6.54 Å². The van der Waals surface area contributed by atoms with E-state index in [0.29, 0.717) is 6.54 Å². The van der Waals surface area contributed by atoms with Gasteiger partial charge in [-0.2, -0.15) is 0 Å². The van der Waals surface area contributed by atoms with Crippen LogP contribution >= 0.6 is 0 Å². The third-order valence-electron chi connectivity index (χ3n) is 3.37. The molecule has 2 N–H and O–H groups in total. The van der Waals surface area contributed by atoms with Crippen LogP contribution in [0.1, 0.15) is 30.9 Å². The number of hydrogen-bond acceptors (Lipinski definition) is 1. The molecule has 14 heavy (non-hydrogen) atoms. The molecule has 0 saturated carbocycles. The highest BCUT2D eigenvalue weighted by Gasteiger charge is 2.31. The number of hydrogen-bond donors (Lipinski definition) is 1. The second-order valence-electron chi connectivity index (χ2n) is 4.38. The normalized spacial score (nSPS) is 25.9. The van der Waals surface area contributed by atoms with Crippen molar-refractivity contribution in [2.24, 2.45) is 5.73 Å². The summed E-state index contributed by atoms with van der Waals surface area (Å²) in [5.41, 5.74) is 7.76. The lowest BCUT2D eigenvalue weighted by Gasteiger charge is -2.35. The molecule has 0 radical (unpaired) electrons. The van der Waals surface area contributed by atoms with Gasteiger partial charge in [-0.15, -0.1) is 0 Å². The first-order chi connectivity index (χ1) is 6.67. The molecule has 0 spiro atoms. The Morgan fingerprint density at radius 3 is 3.00 bits per heavy atom. The highest BCUT2D eigenvalue weighted by Crippen LogP contribution is 2.37. The molecule has 0 amide bonds. The molecule has 1 nitrogen and oxygen atoms in total. The van der Waals surface area contributed by atoms with Crippen LogP contribution in [-0.2, 0) is 11.8 Å². The lowest BCUT2D eigenvalue weighted by atomic mass is 9.71. The van der Waals surface area contributed by atoms with E-state index in [1.54, 1.807) is 12.1 Å². The SMILES string of the molecule is CC1(CN)CCCc2c(F)cccc21. The largest absolute Gasteiger partial charge is 0.330 e. The van der Waals surface area contributed by atoms with Crippen LogP contribution in [0.15, 0.2) is 18.2 Å². The van der Waals surface area contributed by atoms with Crippen molar-refractivity contribution in [3.63, 3.8) is 0 Å². The van der Waals surface area contributed by atoms with Gasteiger partial charge in [-0.3, -0.25) is 0 Å². The minimum absolute atomic E-state index is 0.0182.